The van der Waals surface area contributed by atoms with Crippen LogP contribution in [-0.4, -0.2) is 18.2 Å². The van der Waals surface area contributed by atoms with Crippen LogP contribution in [0.3, 0.4) is 0 Å². The maximum atomic E-state index is 11.8. The van der Waals surface area contributed by atoms with E-state index in [1.165, 1.54) is 0 Å². The number of aliphatic carboxylic acids is 1. The molecule has 0 fully saturated rings. The Kier molecular flexibility index (Phi) is 4.94. The maximum absolute atomic E-state index is 11.8. The fourth-order valence-electron chi connectivity index (χ4n) is 2.45. The average molecular weight is 314 g/mol. The van der Waals surface area contributed by atoms with Crippen molar-refractivity contribution in [1.82, 2.24) is 0 Å². The Hall–Kier alpha value is -2.49. The van der Waals surface area contributed by atoms with E-state index in [1.807, 2.05) is 12.1 Å². The summed E-state index contributed by atoms with van der Waals surface area (Å²) in [6.07, 6.45) is 0. The van der Waals surface area contributed by atoms with E-state index >= 15 is 0 Å². The number of carboxylic acids is 1. The van der Waals surface area contributed by atoms with Crippen molar-refractivity contribution in [2.45, 2.75) is 32.3 Å². The minimum Gasteiger partial charge on any atom is -0.496 e. The highest BCUT2D eigenvalue weighted by molar-refractivity contribution is 5.79. The van der Waals surface area contributed by atoms with Crippen LogP contribution in [0.5, 0.6) is 11.5 Å². The second-order valence-corrected chi connectivity index (χ2v) is 5.86. The summed E-state index contributed by atoms with van der Waals surface area (Å²) in [5, 5.41) is 9.68. The maximum Gasteiger partial charge on any atom is 0.352 e. The third kappa shape index (κ3) is 3.47. The van der Waals surface area contributed by atoms with Crippen molar-refractivity contribution in [3.8, 4) is 11.5 Å². The van der Waals surface area contributed by atoms with Crippen molar-refractivity contribution in [2.75, 3.05) is 7.11 Å². The van der Waals surface area contributed by atoms with Gasteiger partial charge in [-0.3, -0.25) is 0 Å². The summed E-state index contributed by atoms with van der Waals surface area (Å²) < 4.78 is 11.2. The number of rotatable bonds is 6. The summed E-state index contributed by atoms with van der Waals surface area (Å²) in [6.45, 7) is 5.66. The lowest BCUT2D eigenvalue weighted by Gasteiger charge is -2.27. The van der Waals surface area contributed by atoms with E-state index in [4.69, 9.17) is 9.47 Å². The SMILES string of the molecule is COc1ccc(OC(C)(C(=O)O)c2ccccc2)cc1C(C)C. The monoisotopic (exact) mass is 314 g/mol. The molecule has 1 unspecified atom stereocenters. The van der Waals surface area contributed by atoms with Crippen LogP contribution in [0.2, 0.25) is 0 Å². The molecule has 0 aliphatic carbocycles. The van der Waals surface area contributed by atoms with Crippen molar-refractivity contribution >= 4 is 5.97 Å². The molecule has 2 aromatic carbocycles. The highest BCUT2D eigenvalue weighted by Gasteiger charge is 2.38. The molecular formula is C19H22O4. The second kappa shape index (κ2) is 6.73. The molecule has 0 spiro atoms. The number of ether oxygens (including phenoxy) is 2. The molecule has 4 nitrogen and oxygen atoms in total. The molecule has 0 radical (unpaired) electrons. The molecule has 122 valence electrons. The van der Waals surface area contributed by atoms with Gasteiger partial charge in [-0.1, -0.05) is 44.2 Å². The van der Waals surface area contributed by atoms with E-state index in [0.29, 0.717) is 11.3 Å². The van der Waals surface area contributed by atoms with Gasteiger partial charge < -0.3 is 14.6 Å². The number of hydrogen-bond acceptors (Lipinski definition) is 3. The van der Waals surface area contributed by atoms with Gasteiger partial charge in [0.2, 0.25) is 5.60 Å². The molecule has 0 aromatic heterocycles. The van der Waals surface area contributed by atoms with Crippen molar-refractivity contribution in [1.29, 1.82) is 0 Å². The van der Waals surface area contributed by atoms with E-state index in [1.54, 1.807) is 50.4 Å². The molecule has 4 heteroatoms. The fraction of sp³-hybridized carbons (Fsp3) is 0.316. The zero-order chi connectivity index (χ0) is 17.0. The Morgan fingerprint density at radius 2 is 1.78 bits per heavy atom. The molecule has 0 aliphatic heterocycles. The summed E-state index contributed by atoms with van der Waals surface area (Å²) in [7, 11) is 1.62. The Balaban J connectivity index is 2.42. The van der Waals surface area contributed by atoms with Crippen LogP contribution in [-0.2, 0) is 10.4 Å². The van der Waals surface area contributed by atoms with Crippen molar-refractivity contribution < 1.29 is 19.4 Å². The molecule has 23 heavy (non-hydrogen) atoms. The van der Waals surface area contributed by atoms with Crippen molar-refractivity contribution in [2.24, 2.45) is 0 Å². The average Bonchev–Trinajstić information content (AvgIpc) is 2.55. The zero-order valence-corrected chi connectivity index (χ0v) is 13.9. The smallest absolute Gasteiger partial charge is 0.352 e. The largest absolute Gasteiger partial charge is 0.496 e. The predicted octanol–water partition coefficient (Wildman–Crippen LogP) is 4.20. The molecular weight excluding hydrogens is 292 g/mol. The van der Waals surface area contributed by atoms with Gasteiger partial charge >= 0.3 is 5.97 Å². The quantitative estimate of drug-likeness (QED) is 0.868. The summed E-state index contributed by atoms with van der Waals surface area (Å²) >= 11 is 0. The predicted molar refractivity (Wildman–Crippen MR) is 89.1 cm³/mol. The Morgan fingerprint density at radius 3 is 2.30 bits per heavy atom. The Morgan fingerprint density at radius 1 is 1.13 bits per heavy atom. The third-order valence-corrected chi connectivity index (χ3v) is 3.88. The number of hydrogen-bond donors (Lipinski definition) is 1. The first-order chi connectivity index (χ1) is 10.9. The van der Waals surface area contributed by atoms with E-state index in [0.717, 1.165) is 11.3 Å². The molecule has 1 atom stereocenters. The lowest BCUT2D eigenvalue weighted by molar-refractivity contribution is -0.154. The van der Waals surface area contributed by atoms with Gasteiger partial charge in [0.15, 0.2) is 0 Å². The lowest BCUT2D eigenvalue weighted by Crippen LogP contribution is -2.38. The molecule has 0 bridgehead atoms. The first-order valence-corrected chi connectivity index (χ1v) is 7.54. The van der Waals surface area contributed by atoms with Crippen LogP contribution >= 0.6 is 0 Å². The summed E-state index contributed by atoms with van der Waals surface area (Å²) in [6, 6.07) is 14.3. The van der Waals surface area contributed by atoms with Gasteiger partial charge in [0, 0.05) is 11.1 Å². The van der Waals surface area contributed by atoms with Gasteiger partial charge in [0.25, 0.3) is 0 Å². The normalized spacial score (nSPS) is 13.4. The van der Waals surface area contributed by atoms with Gasteiger partial charge in [0.05, 0.1) is 7.11 Å². The molecule has 0 amide bonds. The van der Waals surface area contributed by atoms with Crippen LogP contribution in [0.1, 0.15) is 37.8 Å². The second-order valence-electron chi connectivity index (χ2n) is 5.86. The Bertz CT molecular complexity index is 679. The van der Waals surface area contributed by atoms with Crippen LogP contribution in [0.4, 0.5) is 0 Å². The van der Waals surface area contributed by atoms with E-state index < -0.39 is 11.6 Å². The van der Waals surface area contributed by atoms with Gasteiger partial charge in [-0.05, 0) is 31.0 Å². The minimum absolute atomic E-state index is 0.237. The van der Waals surface area contributed by atoms with Crippen molar-refractivity contribution in [3.05, 3.63) is 59.7 Å². The molecule has 1 N–H and O–H groups in total. The van der Waals surface area contributed by atoms with Gasteiger partial charge in [-0.25, -0.2) is 4.79 Å². The molecule has 2 aromatic rings. The van der Waals surface area contributed by atoms with Gasteiger partial charge in [-0.2, -0.15) is 0 Å². The topological polar surface area (TPSA) is 55.8 Å². The van der Waals surface area contributed by atoms with E-state index in [9.17, 15) is 9.90 Å². The van der Waals surface area contributed by atoms with Crippen LogP contribution < -0.4 is 9.47 Å². The minimum atomic E-state index is -1.45. The molecule has 0 heterocycles. The number of carboxylic acid groups (broad SMARTS) is 1. The highest BCUT2D eigenvalue weighted by Crippen LogP contribution is 2.34. The first kappa shape index (κ1) is 16.9. The lowest BCUT2D eigenvalue weighted by atomic mass is 9.95. The third-order valence-electron chi connectivity index (χ3n) is 3.88. The van der Waals surface area contributed by atoms with Gasteiger partial charge in [-0.15, -0.1) is 0 Å². The van der Waals surface area contributed by atoms with Crippen LogP contribution in [0.15, 0.2) is 48.5 Å². The zero-order valence-electron chi connectivity index (χ0n) is 13.9. The molecule has 2 rings (SSSR count). The fourth-order valence-corrected chi connectivity index (χ4v) is 2.45. The van der Waals surface area contributed by atoms with Gasteiger partial charge in [0.1, 0.15) is 11.5 Å². The van der Waals surface area contributed by atoms with Crippen LogP contribution in [0, 0.1) is 0 Å². The van der Waals surface area contributed by atoms with E-state index in [-0.39, 0.29) is 5.92 Å². The highest BCUT2D eigenvalue weighted by atomic mass is 16.5. The van der Waals surface area contributed by atoms with Crippen molar-refractivity contribution in [3.63, 3.8) is 0 Å². The number of carbonyl (C=O) groups is 1. The summed E-state index contributed by atoms with van der Waals surface area (Å²) in [5.74, 6) is 0.472. The number of benzene rings is 2. The van der Waals surface area contributed by atoms with Crippen LogP contribution in [0.25, 0.3) is 0 Å². The Labute approximate surface area is 136 Å². The standard InChI is InChI=1S/C19H22O4/c1-13(2)16-12-15(10-11-17(16)22-4)23-19(3,18(20)21)14-8-6-5-7-9-14/h5-13H,1-4H3,(H,20,21). The first-order valence-electron chi connectivity index (χ1n) is 7.54. The van der Waals surface area contributed by atoms with E-state index in [2.05, 4.69) is 13.8 Å². The molecule has 0 aliphatic rings. The molecule has 0 saturated carbocycles. The summed E-state index contributed by atoms with van der Waals surface area (Å²) in [5.41, 5.74) is 0.115. The molecule has 0 saturated heterocycles. The number of methoxy groups -OCH3 is 1. The summed E-state index contributed by atoms with van der Waals surface area (Å²) in [4.78, 5) is 11.8.